The van der Waals surface area contributed by atoms with Gasteiger partial charge >= 0.3 is 0 Å². The molecule has 2 aromatic heterocycles. The summed E-state index contributed by atoms with van der Waals surface area (Å²) in [5.74, 6) is 1.22. The summed E-state index contributed by atoms with van der Waals surface area (Å²) in [4.78, 5) is 9.43. The summed E-state index contributed by atoms with van der Waals surface area (Å²) in [7, 11) is 1.63. The monoisotopic (exact) mass is 328 g/mol. The second-order valence-electron chi connectivity index (χ2n) is 4.64. The van der Waals surface area contributed by atoms with E-state index in [0.29, 0.717) is 17.9 Å². The van der Waals surface area contributed by atoms with Gasteiger partial charge in [0.15, 0.2) is 0 Å². The molecule has 23 heavy (non-hydrogen) atoms. The number of tetrazole rings is 1. The Balaban J connectivity index is 1.79. The maximum atomic E-state index is 5.89. The minimum Gasteiger partial charge on any atom is -0.497 e. The molecule has 0 aliphatic heterocycles. The average molecular weight is 329 g/mol. The first-order valence-electron chi connectivity index (χ1n) is 6.77. The zero-order valence-electron chi connectivity index (χ0n) is 12.3. The van der Waals surface area contributed by atoms with E-state index in [1.807, 2.05) is 24.3 Å². The van der Waals surface area contributed by atoms with E-state index in [4.69, 9.17) is 16.3 Å². The van der Waals surface area contributed by atoms with Crippen LogP contribution in [0, 0.1) is 0 Å². The van der Waals surface area contributed by atoms with Crippen LogP contribution in [-0.2, 0) is 6.54 Å². The van der Waals surface area contributed by atoms with Crippen molar-refractivity contribution < 1.29 is 4.74 Å². The first-order valence-corrected chi connectivity index (χ1v) is 7.20. The van der Waals surface area contributed by atoms with Gasteiger partial charge in [-0.25, -0.2) is 9.97 Å². The van der Waals surface area contributed by atoms with Crippen LogP contribution in [0.4, 0.5) is 0 Å². The van der Waals surface area contributed by atoms with Crippen LogP contribution in [0.2, 0.25) is 0 Å². The van der Waals surface area contributed by atoms with E-state index in [1.54, 1.807) is 19.5 Å². The predicted octanol–water partition coefficient (Wildman–Crippen LogP) is 2.15. The van der Waals surface area contributed by atoms with Crippen LogP contribution >= 0.6 is 11.6 Å². The van der Waals surface area contributed by atoms with Gasteiger partial charge < -0.3 is 4.74 Å². The molecule has 0 bridgehead atoms. The van der Waals surface area contributed by atoms with Crippen LogP contribution in [0.5, 0.6) is 5.75 Å². The van der Waals surface area contributed by atoms with E-state index in [9.17, 15) is 0 Å². The first-order chi connectivity index (χ1) is 11.3. The lowest BCUT2D eigenvalue weighted by Gasteiger charge is -2.02. The third kappa shape index (κ3) is 3.51. The van der Waals surface area contributed by atoms with Crippen LogP contribution in [0.3, 0.4) is 0 Å². The summed E-state index contributed by atoms with van der Waals surface area (Å²) >= 11 is 5.89. The van der Waals surface area contributed by atoms with Gasteiger partial charge in [0.1, 0.15) is 12.1 Å². The van der Waals surface area contributed by atoms with Crippen molar-refractivity contribution in [2.45, 2.75) is 6.54 Å². The highest BCUT2D eigenvalue weighted by Gasteiger charge is 2.12. The molecule has 7 nitrogen and oxygen atoms in total. The zero-order chi connectivity index (χ0) is 16.1. The molecule has 2 heterocycles. The van der Waals surface area contributed by atoms with Crippen molar-refractivity contribution in [3.63, 3.8) is 0 Å². The largest absolute Gasteiger partial charge is 0.497 e. The number of benzene rings is 1. The van der Waals surface area contributed by atoms with E-state index in [1.165, 1.54) is 16.7 Å². The third-order valence-corrected chi connectivity index (χ3v) is 3.38. The molecule has 0 amide bonds. The maximum absolute atomic E-state index is 5.89. The van der Waals surface area contributed by atoms with Crippen molar-refractivity contribution in [3.05, 3.63) is 65.5 Å². The quantitative estimate of drug-likeness (QED) is 0.714. The number of hydrogen-bond acceptors (Lipinski definition) is 6. The van der Waals surface area contributed by atoms with Gasteiger partial charge in [-0.3, -0.25) is 0 Å². The summed E-state index contributed by atoms with van der Waals surface area (Å²) in [5, 5.41) is 12.4. The Morgan fingerprint density at radius 3 is 2.61 bits per heavy atom. The topological polar surface area (TPSA) is 78.6 Å². The molecule has 0 fully saturated rings. The highest BCUT2D eigenvalue weighted by molar-refractivity contribution is 6.28. The van der Waals surface area contributed by atoms with Crippen LogP contribution in [0.25, 0.3) is 5.57 Å². The molecule has 0 aliphatic rings. The molecule has 0 unspecified atom stereocenters. The minimum atomic E-state index is 0.420. The van der Waals surface area contributed by atoms with E-state index >= 15 is 0 Å². The van der Waals surface area contributed by atoms with E-state index in [0.717, 1.165) is 16.9 Å². The van der Waals surface area contributed by atoms with Crippen LogP contribution in [0.15, 0.2) is 48.5 Å². The van der Waals surface area contributed by atoms with Crippen molar-refractivity contribution in [2.24, 2.45) is 0 Å². The molecule has 0 spiro atoms. The van der Waals surface area contributed by atoms with Gasteiger partial charge in [0.2, 0.25) is 5.82 Å². The van der Waals surface area contributed by atoms with Crippen molar-refractivity contribution in [1.29, 1.82) is 0 Å². The maximum Gasteiger partial charge on any atom is 0.206 e. The molecular weight excluding hydrogens is 316 g/mol. The number of aromatic nitrogens is 6. The SMILES string of the molecule is COc1ccc(Cn2nnc(/C(=C\Cl)c3cncnc3)n2)cc1. The number of nitrogens with zero attached hydrogens (tertiary/aromatic N) is 6. The molecule has 0 saturated heterocycles. The summed E-state index contributed by atoms with van der Waals surface area (Å²) in [5.41, 5.74) is 3.78. The fourth-order valence-electron chi connectivity index (χ4n) is 1.99. The molecule has 8 heteroatoms. The van der Waals surface area contributed by atoms with Crippen LogP contribution < -0.4 is 4.74 Å². The lowest BCUT2D eigenvalue weighted by molar-refractivity contribution is 0.414. The van der Waals surface area contributed by atoms with Crippen LogP contribution in [0.1, 0.15) is 17.0 Å². The van der Waals surface area contributed by atoms with Gasteiger partial charge in [-0.15, -0.1) is 10.2 Å². The number of methoxy groups -OCH3 is 1. The highest BCUT2D eigenvalue weighted by Crippen LogP contribution is 2.19. The molecule has 0 aliphatic carbocycles. The Morgan fingerprint density at radius 2 is 1.96 bits per heavy atom. The summed E-state index contributed by atoms with van der Waals surface area (Å²) in [6.45, 7) is 0.498. The number of ether oxygens (including phenoxy) is 1. The molecular formula is C15H13ClN6O. The Bertz CT molecular complexity index is 800. The molecule has 0 radical (unpaired) electrons. The lowest BCUT2D eigenvalue weighted by atomic mass is 10.1. The second-order valence-corrected chi connectivity index (χ2v) is 4.86. The molecule has 0 atom stereocenters. The van der Waals surface area contributed by atoms with Crippen molar-refractivity contribution in [1.82, 2.24) is 30.2 Å². The smallest absolute Gasteiger partial charge is 0.206 e. The third-order valence-electron chi connectivity index (χ3n) is 3.16. The number of hydrogen-bond donors (Lipinski definition) is 0. The second kappa shape index (κ2) is 6.97. The summed E-state index contributed by atoms with van der Waals surface area (Å²) < 4.78 is 5.13. The van der Waals surface area contributed by atoms with Gasteiger partial charge in [-0.1, -0.05) is 23.7 Å². The summed E-state index contributed by atoms with van der Waals surface area (Å²) in [6.07, 6.45) is 4.74. The van der Waals surface area contributed by atoms with E-state index < -0.39 is 0 Å². The molecule has 116 valence electrons. The summed E-state index contributed by atoms with van der Waals surface area (Å²) in [6, 6.07) is 7.67. The number of halogens is 1. The molecule has 0 saturated carbocycles. The predicted molar refractivity (Wildman–Crippen MR) is 84.9 cm³/mol. The standard InChI is InChI=1S/C15H13ClN6O/c1-23-13-4-2-11(3-5-13)9-22-20-15(19-21-22)14(6-16)12-7-17-10-18-8-12/h2-8,10H,9H2,1H3/b14-6-. The van der Waals surface area contributed by atoms with Gasteiger partial charge in [-0.05, 0) is 22.9 Å². The Morgan fingerprint density at radius 1 is 1.22 bits per heavy atom. The van der Waals surface area contributed by atoms with Gasteiger partial charge in [-0.2, -0.15) is 4.80 Å². The number of rotatable bonds is 5. The van der Waals surface area contributed by atoms with E-state index in [2.05, 4.69) is 25.4 Å². The zero-order valence-corrected chi connectivity index (χ0v) is 13.1. The molecule has 3 aromatic rings. The van der Waals surface area contributed by atoms with Gasteiger partial charge in [0.05, 0.1) is 13.7 Å². The molecule has 0 N–H and O–H groups in total. The average Bonchev–Trinajstić information content (AvgIpc) is 3.05. The van der Waals surface area contributed by atoms with Crippen molar-refractivity contribution in [2.75, 3.05) is 7.11 Å². The Kier molecular flexibility index (Phi) is 4.58. The van der Waals surface area contributed by atoms with Gasteiger partial charge in [0.25, 0.3) is 0 Å². The fourth-order valence-corrected chi connectivity index (χ4v) is 2.21. The highest BCUT2D eigenvalue weighted by atomic mass is 35.5. The lowest BCUT2D eigenvalue weighted by Crippen LogP contribution is -2.04. The van der Waals surface area contributed by atoms with Crippen molar-refractivity contribution >= 4 is 17.2 Å². The molecule has 1 aromatic carbocycles. The minimum absolute atomic E-state index is 0.420. The van der Waals surface area contributed by atoms with Gasteiger partial charge in [0, 0.05) is 29.1 Å². The fraction of sp³-hybridized carbons (Fsp3) is 0.133. The molecule has 3 rings (SSSR count). The first kappa shape index (κ1) is 15.1. The van der Waals surface area contributed by atoms with Crippen LogP contribution in [-0.4, -0.2) is 37.3 Å². The van der Waals surface area contributed by atoms with E-state index in [-0.39, 0.29) is 0 Å². The Labute approximate surface area is 137 Å². The normalized spacial score (nSPS) is 11.5. The Hall–Kier alpha value is -2.80. The van der Waals surface area contributed by atoms with Crippen molar-refractivity contribution in [3.8, 4) is 5.75 Å².